The zero-order chi connectivity index (χ0) is 18.4. The quantitative estimate of drug-likeness (QED) is 0.593. The third-order valence-electron chi connectivity index (χ3n) is 4.74. The van der Waals surface area contributed by atoms with Crippen molar-refractivity contribution in [2.45, 2.75) is 32.6 Å². The summed E-state index contributed by atoms with van der Waals surface area (Å²) in [6.07, 6.45) is 3.40. The molecule has 26 heavy (non-hydrogen) atoms. The molecule has 0 radical (unpaired) electrons. The Morgan fingerprint density at radius 3 is 3.04 bits per heavy atom. The molecule has 2 aliphatic heterocycles. The van der Waals surface area contributed by atoms with Gasteiger partial charge in [-0.1, -0.05) is 6.07 Å². The molecule has 0 bridgehead atoms. The Labute approximate surface area is 154 Å². The van der Waals surface area contributed by atoms with Crippen LogP contribution in [0.2, 0.25) is 0 Å². The summed E-state index contributed by atoms with van der Waals surface area (Å²) in [4.78, 5) is 18.3. The molecule has 0 spiro atoms. The number of carbonyl (C=O) groups is 1. The highest BCUT2D eigenvalue weighted by Crippen LogP contribution is 2.32. The Morgan fingerprint density at radius 2 is 2.23 bits per heavy atom. The van der Waals surface area contributed by atoms with Gasteiger partial charge in [0.05, 0.1) is 0 Å². The number of hydrogen-bond acceptors (Lipinski definition) is 4. The number of fused-ring (bicyclic) bond motifs is 1. The zero-order valence-corrected chi connectivity index (χ0v) is 15.4. The number of ether oxygens (including phenoxy) is 2. The van der Waals surface area contributed by atoms with E-state index in [0.717, 1.165) is 56.4 Å². The van der Waals surface area contributed by atoms with Crippen molar-refractivity contribution in [3.8, 4) is 11.5 Å². The second-order valence-corrected chi connectivity index (χ2v) is 6.80. The second kappa shape index (κ2) is 8.78. The molecule has 0 aromatic heterocycles. The summed E-state index contributed by atoms with van der Waals surface area (Å²) in [5.41, 5.74) is 6.54. The maximum atomic E-state index is 11.2. The van der Waals surface area contributed by atoms with E-state index in [9.17, 15) is 4.79 Å². The van der Waals surface area contributed by atoms with Crippen LogP contribution >= 0.6 is 0 Å². The van der Waals surface area contributed by atoms with Gasteiger partial charge >= 0.3 is 0 Å². The van der Waals surface area contributed by atoms with Gasteiger partial charge in [0.15, 0.2) is 17.5 Å². The Hall–Kier alpha value is -2.44. The number of nitrogens with one attached hydrogen (secondary N) is 1. The number of carbonyl (C=O) groups excluding carboxylic acids is 1. The van der Waals surface area contributed by atoms with Gasteiger partial charge in [-0.2, -0.15) is 0 Å². The Kier molecular flexibility index (Phi) is 6.20. The summed E-state index contributed by atoms with van der Waals surface area (Å²) >= 11 is 0. The number of aliphatic imine (C=N–C) groups is 1. The van der Waals surface area contributed by atoms with Crippen LogP contribution < -0.4 is 20.5 Å². The summed E-state index contributed by atoms with van der Waals surface area (Å²) in [7, 11) is 0. The number of rotatable bonds is 6. The van der Waals surface area contributed by atoms with Crippen molar-refractivity contribution < 1.29 is 14.3 Å². The van der Waals surface area contributed by atoms with Crippen molar-refractivity contribution in [1.29, 1.82) is 0 Å². The number of piperidine rings is 1. The molecule has 1 unspecified atom stereocenters. The number of primary amides is 1. The minimum absolute atomic E-state index is 0.221. The van der Waals surface area contributed by atoms with E-state index in [1.807, 2.05) is 12.1 Å². The Balaban J connectivity index is 1.58. The maximum Gasteiger partial charge on any atom is 0.231 e. The highest BCUT2D eigenvalue weighted by Gasteiger charge is 2.23. The van der Waals surface area contributed by atoms with Crippen LogP contribution in [-0.4, -0.2) is 49.7 Å². The van der Waals surface area contributed by atoms with Gasteiger partial charge in [-0.15, -0.1) is 0 Å². The van der Waals surface area contributed by atoms with Crippen LogP contribution in [0.5, 0.6) is 11.5 Å². The average Bonchev–Trinajstić information content (AvgIpc) is 3.08. The molecular weight excluding hydrogens is 332 g/mol. The molecule has 1 fully saturated rings. The summed E-state index contributed by atoms with van der Waals surface area (Å²) in [5.74, 6) is 2.63. The number of amides is 1. The standard InChI is InChI=1S/C19H28N4O3/c1-2-21-19(23-9-3-4-15(12-23)11-18(20)24)22-8-7-14-5-6-16-17(10-14)26-13-25-16/h5-6,10,15H,2-4,7-9,11-13H2,1H3,(H2,20,24)(H,21,22). The summed E-state index contributed by atoms with van der Waals surface area (Å²) in [6.45, 7) is 5.67. The van der Waals surface area contributed by atoms with E-state index < -0.39 is 0 Å². The molecule has 3 N–H and O–H groups in total. The SMILES string of the molecule is CCNC(=NCCc1ccc2c(c1)OCO2)N1CCCC(CC(N)=O)C1. The van der Waals surface area contributed by atoms with E-state index in [4.69, 9.17) is 20.2 Å². The minimum Gasteiger partial charge on any atom is -0.454 e. The van der Waals surface area contributed by atoms with E-state index in [-0.39, 0.29) is 5.91 Å². The fourth-order valence-corrected chi connectivity index (χ4v) is 3.52. The number of guanidine groups is 1. The molecule has 0 aliphatic carbocycles. The van der Waals surface area contributed by atoms with Gasteiger partial charge in [-0.05, 0) is 49.8 Å². The fourth-order valence-electron chi connectivity index (χ4n) is 3.52. The molecule has 2 aliphatic rings. The fraction of sp³-hybridized carbons (Fsp3) is 0.579. The normalized spacial score (nSPS) is 19.5. The van der Waals surface area contributed by atoms with E-state index in [0.29, 0.717) is 25.7 Å². The zero-order valence-electron chi connectivity index (χ0n) is 15.4. The lowest BCUT2D eigenvalue weighted by Crippen LogP contribution is -2.47. The van der Waals surface area contributed by atoms with Gasteiger partial charge in [0.2, 0.25) is 12.7 Å². The van der Waals surface area contributed by atoms with Crippen LogP contribution in [0, 0.1) is 5.92 Å². The van der Waals surface area contributed by atoms with E-state index in [1.54, 1.807) is 0 Å². The predicted octanol–water partition coefficient (Wildman–Crippen LogP) is 1.51. The molecule has 0 saturated carbocycles. The van der Waals surface area contributed by atoms with Crippen LogP contribution in [0.25, 0.3) is 0 Å². The lowest BCUT2D eigenvalue weighted by atomic mass is 9.95. The van der Waals surface area contributed by atoms with Crippen LogP contribution in [0.3, 0.4) is 0 Å². The van der Waals surface area contributed by atoms with Gasteiger partial charge in [0.1, 0.15) is 0 Å². The highest BCUT2D eigenvalue weighted by atomic mass is 16.7. The van der Waals surface area contributed by atoms with Gasteiger partial charge < -0.3 is 25.4 Å². The molecule has 1 amide bonds. The van der Waals surface area contributed by atoms with Crippen LogP contribution in [0.4, 0.5) is 0 Å². The number of hydrogen-bond donors (Lipinski definition) is 2. The minimum atomic E-state index is -0.221. The topological polar surface area (TPSA) is 89.2 Å². The van der Waals surface area contributed by atoms with Crippen LogP contribution in [-0.2, 0) is 11.2 Å². The van der Waals surface area contributed by atoms with Crippen molar-refractivity contribution in [1.82, 2.24) is 10.2 Å². The summed E-state index contributed by atoms with van der Waals surface area (Å²) in [6, 6.07) is 6.03. The lowest BCUT2D eigenvalue weighted by Gasteiger charge is -2.34. The smallest absolute Gasteiger partial charge is 0.231 e. The van der Waals surface area contributed by atoms with E-state index in [1.165, 1.54) is 5.56 Å². The molecule has 1 aromatic carbocycles. The van der Waals surface area contributed by atoms with Gasteiger partial charge in [0.25, 0.3) is 0 Å². The molecule has 7 nitrogen and oxygen atoms in total. The maximum absolute atomic E-state index is 11.2. The number of nitrogens with two attached hydrogens (primary N) is 1. The van der Waals surface area contributed by atoms with Crippen molar-refractivity contribution in [3.05, 3.63) is 23.8 Å². The number of likely N-dealkylation sites (tertiary alicyclic amines) is 1. The average molecular weight is 360 g/mol. The first-order valence-corrected chi connectivity index (χ1v) is 9.35. The highest BCUT2D eigenvalue weighted by molar-refractivity contribution is 5.80. The van der Waals surface area contributed by atoms with Crippen molar-refractivity contribution in [2.75, 3.05) is 33.0 Å². The Bertz CT molecular complexity index is 662. The van der Waals surface area contributed by atoms with Gasteiger partial charge in [0, 0.05) is 32.6 Å². The Morgan fingerprint density at radius 1 is 1.38 bits per heavy atom. The van der Waals surface area contributed by atoms with E-state index in [2.05, 4.69) is 23.2 Å². The van der Waals surface area contributed by atoms with Crippen molar-refractivity contribution in [3.63, 3.8) is 0 Å². The third-order valence-corrected chi connectivity index (χ3v) is 4.74. The van der Waals surface area contributed by atoms with Crippen molar-refractivity contribution >= 4 is 11.9 Å². The first-order chi connectivity index (χ1) is 12.7. The first kappa shape index (κ1) is 18.4. The van der Waals surface area contributed by atoms with Crippen LogP contribution in [0.1, 0.15) is 31.7 Å². The largest absolute Gasteiger partial charge is 0.454 e. The van der Waals surface area contributed by atoms with Gasteiger partial charge in [-0.25, -0.2) is 0 Å². The molecule has 1 aromatic rings. The van der Waals surface area contributed by atoms with E-state index >= 15 is 0 Å². The van der Waals surface area contributed by atoms with Gasteiger partial charge in [-0.3, -0.25) is 9.79 Å². The molecule has 2 heterocycles. The first-order valence-electron chi connectivity index (χ1n) is 9.35. The predicted molar refractivity (Wildman–Crippen MR) is 100 cm³/mol. The third kappa shape index (κ3) is 4.80. The second-order valence-electron chi connectivity index (χ2n) is 6.80. The molecular formula is C19H28N4O3. The van der Waals surface area contributed by atoms with Crippen LogP contribution in [0.15, 0.2) is 23.2 Å². The molecule has 1 saturated heterocycles. The number of nitrogens with zero attached hydrogens (tertiary/aromatic N) is 2. The van der Waals surface area contributed by atoms with Crippen molar-refractivity contribution in [2.24, 2.45) is 16.6 Å². The molecule has 7 heteroatoms. The molecule has 142 valence electrons. The number of benzene rings is 1. The summed E-state index contributed by atoms with van der Waals surface area (Å²) < 4.78 is 10.8. The lowest BCUT2D eigenvalue weighted by molar-refractivity contribution is -0.119. The summed E-state index contributed by atoms with van der Waals surface area (Å²) in [5, 5.41) is 3.37. The monoisotopic (exact) mass is 360 g/mol. The molecule has 3 rings (SSSR count). The molecule has 1 atom stereocenters.